The monoisotopic (exact) mass is 230 g/mol. The normalized spacial score (nSPS) is 13.0. The lowest BCUT2D eigenvalue weighted by Crippen LogP contribution is -2.45. The van der Waals surface area contributed by atoms with Crippen LogP contribution in [0.25, 0.3) is 0 Å². The molecule has 0 radical (unpaired) electrons. The third-order valence-electron chi connectivity index (χ3n) is 2.34. The molecule has 0 aliphatic carbocycles. The van der Waals surface area contributed by atoms with Crippen molar-refractivity contribution in [2.24, 2.45) is 11.7 Å². The van der Waals surface area contributed by atoms with E-state index >= 15 is 0 Å². The van der Waals surface area contributed by atoms with Gasteiger partial charge in [-0.15, -0.1) is 0 Å². The summed E-state index contributed by atoms with van der Waals surface area (Å²) in [6, 6.07) is -0.348. The van der Waals surface area contributed by atoms with Crippen molar-refractivity contribution in [3.63, 3.8) is 0 Å². The van der Waals surface area contributed by atoms with Gasteiger partial charge in [-0.2, -0.15) is 0 Å². The molecule has 1 amide bonds. The molecule has 0 bridgehead atoms. The molecule has 0 saturated heterocycles. The molecule has 0 rings (SSSR count). The molecule has 0 heterocycles. The van der Waals surface area contributed by atoms with E-state index < -0.39 is 0 Å². The minimum atomic E-state index is -0.348. The maximum Gasteiger partial charge on any atom is 0.236 e. The molecular weight excluding hydrogens is 204 g/mol. The molecule has 16 heavy (non-hydrogen) atoms. The van der Waals surface area contributed by atoms with Gasteiger partial charge >= 0.3 is 0 Å². The average molecular weight is 230 g/mol. The van der Waals surface area contributed by atoms with Crippen LogP contribution >= 0.6 is 0 Å². The number of hydrogen-bond acceptors (Lipinski definition) is 3. The fourth-order valence-electron chi connectivity index (χ4n) is 1.36. The second-order valence-electron chi connectivity index (χ2n) is 4.52. The molecule has 96 valence electrons. The van der Waals surface area contributed by atoms with Crippen molar-refractivity contribution in [1.82, 2.24) is 5.32 Å². The molecule has 0 fully saturated rings. The topological polar surface area (TPSA) is 64.3 Å². The fourth-order valence-corrected chi connectivity index (χ4v) is 1.36. The van der Waals surface area contributed by atoms with Crippen molar-refractivity contribution in [2.45, 2.75) is 46.1 Å². The van der Waals surface area contributed by atoms with Crippen LogP contribution in [-0.4, -0.2) is 31.7 Å². The van der Waals surface area contributed by atoms with Crippen LogP contribution in [0.15, 0.2) is 0 Å². The number of hydrogen-bond donors (Lipinski definition) is 2. The molecule has 4 nitrogen and oxygen atoms in total. The molecular formula is C12H26N2O2. The quantitative estimate of drug-likeness (QED) is 0.556. The van der Waals surface area contributed by atoms with Crippen molar-refractivity contribution in [3.05, 3.63) is 0 Å². The van der Waals surface area contributed by atoms with Gasteiger partial charge in [0.25, 0.3) is 0 Å². The number of ether oxygens (including phenoxy) is 1. The summed E-state index contributed by atoms with van der Waals surface area (Å²) in [5, 5.41) is 3.07. The number of rotatable bonds is 10. The van der Waals surface area contributed by atoms with E-state index in [-0.39, 0.29) is 11.9 Å². The lowest BCUT2D eigenvalue weighted by atomic mass is 10.1. The molecule has 1 atom stereocenters. The zero-order chi connectivity index (χ0) is 12.4. The Hall–Kier alpha value is -0.610. The fraction of sp³-hybridized carbons (Fsp3) is 0.917. The number of nitrogens with one attached hydrogen (secondary N) is 1. The van der Waals surface area contributed by atoms with E-state index in [4.69, 9.17) is 10.5 Å². The molecule has 0 aromatic rings. The van der Waals surface area contributed by atoms with Crippen molar-refractivity contribution in [3.8, 4) is 0 Å². The van der Waals surface area contributed by atoms with Crippen LogP contribution in [0, 0.1) is 5.92 Å². The Morgan fingerprint density at radius 3 is 2.62 bits per heavy atom. The largest absolute Gasteiger partial charge is 0.379 e. The summed E-state index contributed by atoms with van der Waals surface area (Å²) < 4.78 is 5.44. The van der Waals surface area contributed by atoms with E-state index in [2.05, 4.69) is 26.1 Å². The van der Waals surface area contributed by atoms with Gasteiger partial charge in [0.05, 0.1) is 6.61 Å². The van der Waals surface area contributed by atoms with Crippen molar-refractivity contribution in [1.29, 1.82) is 0 Å². The van der Waals surface area contributed by atoms with Gasteiger partial charge in [-0.3, -0.25) is 4.79 Å². The summed E-state index contributed by atoms with van der Waals surface area (Å²) in [6.45, 7) is 8.31. The Labute approximate surface area is 98.9 Å². The van der Waals surface area contributed by atoms with Crippen LogP contribution in [-0.2, 0) is 9.53 Å². The van der Waals surface area contributed by atoms with Crippen LogP contribution in [0.5, 0.6) is 0 Å². The first kappa shape index (κ1) is 15.4. The van der Waals surface area contributed by atoms with Crippen molar-refractivity contribution in [2.75, 3.05) is 19.8 Å². The van der Waals surface area contributed by atoms with Gasteiger partial charge in [-0.05, 0) is 31.7 Å². The first-order valence-electron chi connectivity index (χ1n) is 6.18. The number of amides is 1. The number of nitrogens with two attached hydrogens (primary N) is 1. The van der Waals surface area contributed by atoms with Gasteiger partial charge in [-0.25, -0.2) is 0 Å². The van der Waals surface area contributed by atoms with E-state index in [0.29, 0.717) is 19.1 Å². The SMILES string of the molecule is CCCNC(COCCCC(C)C)C(N)=O. The van der Waals surface area contributed by atoms with Crippen LogP contribution in [0.2, 0.25) is 0 Å². The summed E-state index contributed by atoms with van der Waals surface area (Å²) in [4.78, 5) is 11.1. The minimum absolute atomic E-state index is 0.336. The lowest BCUT2D eigenvalue weighted by molar-refractivity contribution is -0.121. The third-order valence-corrected chi connectivity index (χ3v) is 2.34. The molecule has 0 aliphatic heterocycles. The number of carbonyl (C=O) groups excluding carboxylic acids is 1. The highest BCUT2D eigenvalue weighted by atomic mass is 16.5. The molecule has 0 aliphatic rings. The van der Waals surface area contributed by atoms with E-state index in [9.17, 15) is 4.79 Å². The summed E-state index contributed by atoms with van der Waals surface area (Å²) in [7, 11) is 0. The van der Waals surface area contributed by atoms with Gasteiger partial charge < -0.3 is 15.8 Å². The molecule has 0 aromatic carbocycles. The Morgan fingerprint density at radius 1 is 1.44 bits per heavy atom. The predicted molar refractivity (Wildman–Crippen MR) is 66.2 cm³/mol. The van der Waals surface area contributed by atoms with Gasteiger partial charge in [0.1, 0.15) is 6.04 Å². The van der Waals surface area contributed by atoms with Crippen LogP contribution in [0.4, 0.5) is 0 Å². The van der Waals surface area contributed by atoms with E-state index in [1.807, 2.05) is 0 Å². The summed E-state index contributed by atoms with van der Waals surface area (Å²) in [5.74, 6) is 0.367. The Bertz CT molecular complexity index is 184. The highest BCUT2D eigenvalue weighted by molar-refractivity contribution is 5.79. The first-order valence-corrected chi connectivity index (χ1v) is 6.18. The zero-order valence-corrected chi connectivity index (χ0v) is 10.8. The molecule has 0 aromatic heterocycles. The molecule has 3 N–H and O–H groups in total. The second kappa shape index (κ2) is 9.60. The van der Waals surface area contributed by atoms with Gasteiger partial charge in [0, 0.05) is 6.61 Å². The van der Waals surface area contributed by atoms with Crippen LogP contribution in [0.1, 0.15) is 40.0 Å². The first-order chi connectivity index (χ1) is 7.57. The standard InChI is InChI=1S/C12H26N2O2/c1-4-7-14-11(12(13)15)9-16-8-5-6-10(2)3/h10-11,14H,4-9H2,1-3H3,(H2,13,15). The van der Waals surface area contributed by atoms with Gasteiger partial charge in [-0.1, -0.05) is 20.8 Å². The predicted octanol–water partition coefficient (Wildman–Crippen LogP) is 1.29. The highest BCUT2D eigenvalue weighted by Gasteiger charge is 2.13. The maximum atomic E-state index is 11.1. The summed E-state index contributed by atoms with van der Waals surface area (Å²) in [6.07, 6.45) is 3.18. The number of carbonyl (C=O) groups is 1. The molecule has 0 spiro atoms. The highest BCUT2D eigenvalue weighted by Crippen LogP contribution is 2.03. The van der Waals surface area contributed by atoms with Crippen LogP contribution in [0.3, 0.4) is 0 Å². The molecule has 0 saturated carbocycles. The molecule has 4 heteroatoms. The lowest BCUT2D eigenvalue weighted by Gasteiger charge is -2.15. The maximum absolute atomic E-state index is 11.1. The number of primary amides is 1. The Balaban J connectivity index is 3.56. The average Bonchev–Trinajstić information content (AvgIpc) is 2.21. The van der Waals surface area contributed by atoms with Crippen molar-refractivity contribution < 1.29 is 9.53 Å². The smallest absolute Gasteiger partial charge is 0.236 e. The van der Waals surface area contributed by atoms with Gasteiger partial charge in [0.2, 0.25) is 5.91 Å². The van der Waals surface area contributed by atoms with Crippen molar-refractivity contribution >= 4 is 5.91 Å². The summed E-state index contributed by atoms with van der Waals surface area (Å²) >= 11 is 0. The van der Waals surface area contributed by atoms with E-state index in [1.54, 1.807) is 0 Å². The van der Waals surface area contributed by atoms with Gasteiger partial charge in [0.15, 0.2) is 0 Å². The second-order valence-corrected chi connectivity index (χ2v) is 4.52. The molecule has 1 unspecified atom stereocenters. The Kier molecular flexibility index (Phi) is 9.24. The Morgan fingerprint density at radius 2 is 2.12 bits per heavy atom. The third kappa shape index (κ3) is 8.68. The zero-order valence-electron chi connectivity index (χ0n) is 10.8. The summed E-state index contributed by atoms with van der Waals surface area (Å²) in [5.41, 5.74) is 5.26. The van der Waals surface area contributed by atoms with E-state index in [1.165, 1.54) is 0 Å². The van der Waals surface area contributed by atoms with Crippen LogP contribution < -0.4 is 11.1 Å². The minimum Gasteiger partial charge on any atom is -0.379 e. The van der Waals surface area contributed by atoms with E-state index in [0.717, 1.165) is 25.8 Å².